The van der Waals surface area contributed by atoms with Gasteiger partial charge in [0.2, 0.25) is 0 Å². The summed E-state index contributed by atoms with van der Waals surface area (Å²) in [5, 5.41) is 3.58. The van der Waals surface area contributed by atoms with Gasteiger partial charge in [0.1, 0.15) is 0 Å². The van der Waals surface area contributed by atoms with Crippen molar-refractivity contribution in [2.24, 2.45) is 0 Å². The number of aryl methyl sites for hydroxylation is 1. The Kier molecular flexibility index (Phi) is 4.32. The highest BCUT2D eigenvalue weighted by Gasteiger charge is 2.17. The number of pyridine rings is 1. The number of benzene rings is 1. The van der Waals surface area contributed by atoms with E-state index in [9.17, 15) is 0 Å². The van der Waals surface area contributed by atoms with Gasteiger partial charge in [-0.15, -0.1) is 0 Å². The number of likely N-dealkylation sites (N-methyl/N-ethyl adjacent to an activating group) is 1. The fourth-order valence-corrected chi connectivity index (χ4v) is 2.89. The van der Waals surface area contributed by atoms with E-state index in [1.54, 1.807) is 0 Å². The molecule has 0 saturated heterocycles. The average molecular weight is 282 g/mol. The summed E-state index contributed by atoms with van der Waals surface area (Å²) in [7, 11) is 0. The van der Waals surface area contributed by atoms with E-state index in [1.165, 1.54) is 27.9 Å². The molecule has 1 aliphatic rings. The summed E-state index contributed by atoms with van der Waals surface area (Å²) in [5.41, 5.74) is 6.40. The largest absolute Gasteiger partial charge is 0.372 e. The Morgan fingerprint density at radius 1 is 1.24 bits per heavy atom. The van der Waals surface area contributed by atoms with Crippen LogP contribution in [0.5, 0.6) is 0 Å². The van der Waals surface area contributed by atoms with Crippen LogP contribution in [-0.2, 0) is 24.4 Å². The van der Waals surface area contributed by atoms with Crippen LogP contribution < -0.4 is 5.32 Å². The van der Waals surface area contributed by atoms with Crippen LogP contribution >= 0.6 is 0 Å². The van der Waals surface area contributed by atoms with E-state index in [2.05, 4.69) is 48.4 Å². The molecule has 1 aromatic heterocycles. The van der Waals surface area contributed by atoms with Crippen LogP contribution in [0.25, 0.3) is 0 Å². The van der Waals surface area contributed by atoms with Crippen molar-refractivity contribution in [3.63, 3.8) is 0 Å². The number of fused-ring (bicyclic) bond motifs is 1. The summed E-state index contributed by atoms with van der Waals surface area (Å²) >= 11 is 0. The quantitative estimate of drug-likeness (QED) is 0.913. The lowest BCUT2D eigenvalue weighted by Gasteiger charge is -2.19. The number of hydrogen-bond donors (Lipinski definition) is 1. The molecule has 0 spiro atoms. The molecule has 1 aliphatic heterocycles. The number of ether oxygens (including phenoxy) is 1. The van der Waals surface area contributed by atoms with E-state index in [0.29, 0.717) is 6.04 Å². The van der Waals surface area contributed by atoms with E-state index in [4.69, 9.17) is 4.74 Å². The van der Waals surface area contributed by atoms with Gasteiger partial charge in [0, 0.05) is 24.4 Å². The summed E-state index contributed by atoms with van der Waals surface area (Å²) in [4.78, 5) is 4.53. The minimum absolute atomic E-state index is 0.300. The van der Waals surface area contributed by atoms with Gasteiger partial charge in [0.25, 0.3) is 0 Å². The lowest BCUT2D eigenvalue weighted by molar-refractivity contribution is 0.134. The predicted molar refractivity (Wildman–Crippen MR) is 84.0 cm³/mol. The summed E-state index contributed by atoms with van der Waals surface area (Å²) in [6.45, 7) is 6.71. The molecule has 110 valence electrons. The molecule has 21 heavy (non-hydrogen) atoms. The lowest BCUT2D eigenvalue weighted by Crippen LogP contribution is -2.23. The second kappa shape index (κ2) is 6.37. The molecule has 2 aromatic rings. The Morgan fingerprint density at radius 2 is 2.10 bits per heavy atom. The molecule has 0 radical (unpaired) electrons. The second-order valence-electron chi connectivity index (χ2n) is 5.60. The molecule has 2 heterocycles. The fraction of sp³-hybridized carbons (Fsp3) is 0.389. The maximum absolute atomic E-state index is 5.51. The van der Waals surface area contributed by atoms with Crippen LogP contribution in [0.15, 0.2) is 36.5 Å². The Bertz CT molecular complexity index is 624. The van der Waals surface area contributed by atoms with Crippen LogP contribution in [0, 0.1) is 6.92 Å². The lowest BCUT2D eigenvalue weighted by atomic mass is 9.96. The minimum atomic E-state index is 0.300. The maximum Gasteiger partial charge on any atom is 0.0725 e. The van der Waals surface area contributed by atoms with Crippen molar-refractivity contribution in [3.8, 4) is 0 Å². The van der Waals surface area contributed by atoms with Gasteiger partial charge in [-0.05, 0) is 41.8 Å². The Balaban J connectivity index is 1.86. The third kappa shape index (κ3) is 3.14. The SMILES string of the molecule is CCNC(Cc1ncccc1C)c1ccc2c(c1)COC2. The standard InChI is InChI=1S/C18H22N2O/c1-3-19-18(10-17-13(2)5-4-8-20-17)14-6-7-15-11-21-12-16(15)9-14/h4-9,18-19H,3,10-12H2,1-2H3. The van der Waals surface area contributed by atoms with Gasteiger partial charge >= 0.3 is 0 Å². The smallest absolute Gasteiger partial charge is 0.0725 e. The summed E-state index contributed by atoms with van der Waals surface area (Å²) < 4.78 is 5.51. The molecular weight excluding hydrogens is 260 g/mol. The zero-order chi connectivity index (χ0) is 14.7. The highest BCUT2D eigenvalue weighted by molar-refractivity contribution is 5.35. The monoisotopic (exact) mass is 282 g/mol. The van der Waals surface area contributed by atoms with Crippen molar-refractivity contribution in [1.82, 2.24) is 10.3 Å². The number of rotatable bonds is 5. The molecule has 1 N–H and O–H groups in total. The third-order valence-electron chi connectivity index (χ3n) is 4.11. The van der Waals surface area contributed by atoms with Crippen molar-refractivity contribution >= 4 is 0 Å². The van der Waals surface area contributed by atoms with E-state index in [-0.39, 0.29) is 0 Å². The molecule has 3 heteroatoms. The van der Waals surface area contributed by atoms with E-state index in [1.807, 2.05) is 12.3 Å². The molecule has 0 fully saturated rings. The average Bonchev–Trinajstić information content (AvgIpc) is 2.96. The number of aromatic nitrogens is 1. The topological polar surface area (TPSA) is 34.2 Å². The zero-order valence-electron chi connectivity index (χ0n) is 12.7. The Morgan fingerprint density at radius 3 is 2.90 bits per heavy atom. The van der Waals surface area contributed by atoms with Crippen molar-refractivity contribution < 1.29 is 4.74 Å². The highest BCUT2D eigenvalue weighted by atomic mass is 16.5. The highest BCUT2D eigenvalue weighted by Crippen LogP contribution is 2.26. The Hall–Kier alpha value is -1.71. The molecule has 1 unspecified atom stereocenters. The summed E-state index contributed by atoms with van der Waals surface area (Å²) in [6.07, 6.45) is 2.79. The molecule has 1 atom stereocenters. The number of hydrogen-bond acceptors (Lipinski definition) is 3. The van der Waals surface area contributed by atoms with Crippen LogP contribution in [0.4, 0.5) is 0 Å². The van der Waals surface area contributed by atoms with Gasteiger partial charge in [-0.3, -0.25) is 4.98 Å². The van der Waals surface area contributed by atoms with Crippen molar-refractivity contribution in [3.05, 3.63) is 64.5 Å². The van der Waals surface area contributed by atoms with Crippen LogP contribution in [0.2, 0.25) is 0 Å². The molecule has 3 nitrogen and oxygen atoms in total. The maximum atomic E-state index is 5.51. The van der Waals surface area contributed by atoms with Gasteiger partial charge in [0.15, 0.2) is 0 Å². The van der Waals surface area contributed by atoms with Crippen LogP contribution in [0.1, 0.15) is 40.9 Å². The number of nitrogens with one attached hydrogen (secondary N) is 1. The van der Waals surface area contributed by atoms with Gasteiger partial charge in [-0.1, -0.05) is 31.2 Å². The second-order valence-corrected chi connectivity index (χ2v) is 5.60. The van der Waals surface area contributed by atoms with E-state index in [0.717, 1.165) is 26.2 Å². The molecular formula is C18H22N2O. The fourth-order valence-electron chi connectivity index (χ4n) is 2.89. The predicted octanol–water partition coefficient (Wildman–Crippen LogP) is 3.31. The zero-order valence-corrected chi connectivity index (χ0v) is 12.7. The molecule has 1 aromatic carbocycles. The Labute approximate surface area is 126 Å². The van der Waals surface area contributed by atoms with Crippen molar-refractivity contribution in [1.29, 1.82) is 0 Å². The van der Waals surface area contributed by atoms with E-state index >= 15 is 0 Å². The first-order valence-electron chi connectivity index (χ1n) is 7.61. The van der Waals surface area contributed by atoms with Gasteiger partial charge < -0.3 is 10.1 Å². The number of nitrogens with zero attached hydrogens (tertiary/aromatic N) is 1. The molecule has 3 rings (SSSR count). The van der Waals surface area contributed by atoms with Crippen LogP contribution in [-0.4, -0.2) is 11.5 Å². The van der Waals surface area contributed by atoms with E-state index < -0.39 is 0 Å². The first-order valence-corrected chi connectivity index (χ1v) is 7.61. The molecule has 0 saturated carbocycles. The van der Waals surface area contributed by atoms with Gasteiger partial charge in [-0.25, -0.2) is 0 Å². The van der Waals surface area contributed by atoms with Gasteiger partial charge in [0.05, 0.1) is 13.2 Å². The van der Waals surface area contributed by atoms with Crippen molar-refractivity contribution in [2.45, 2.75) is 39.5 Å². The minimum Gasteiger partial charge on any atom is -0.372 e. The van der Waals surface area contributed by atoms with Crippen LogP contribution in [0.3, 0.4) is 0 Å². The summed E-state index contributed by atoms with van der Waals surface area (Å²) in [6, 6.07) is 11.1. The third-order valence-corrected chi connectivity index (χ3v) is 4.11. The molecule has 0 aliphatic carbocycles. The van der Waals surface area contributed by atoms with Gasteiger partial charge in [-0.2, -0.15) is 0 Å². The molecule has 0 amide bonds. The first-order chi connectivity index (χ1) is 10.3. The normalized spacial score (nSPS) is 15.0. The summed E-state index contributed by atoms with van der Waals surface area (Å²) in [5.74, 6) is 0. The molecule has 0 bridgehead atoms. The van der Waals surface area contributed by atoms with Crippen molar-refractivity contribution in [2.75, 3.05) is 6.54 Å². The first kappa shape index (κ1) is 14.2.